The van der Waals surface area contributed by atoms with Gasteiger partial charge in [0, 0.05) is 12.1 Å². The lowest BCUT2D eigenvalue weighted by atomic mass is 10.1. The van der Waals surface area contributed by atoms with E-state index in [1.807, 2.05) is 26.2 Å². The molecule has 28 heavy (non-hydrogen) atoms. The van der Waals surface area contributed by atoms with Crippen LogP contribution in [0.25, 0.3) is 6.08 Å². The highest BCUT2D eigenvalue weighted by atomic mass is 19.1. The SMILES string of the molecule is CCOC(=O)/C(C)=C/c1cc(F)c(Oc2ccc(CCN(C)C)cc2)c(F)c1. The van der Waals surface area contributed by atoms with Crippen molar-refractivity contribution in [2.24, 2.45) is 0 Å². The average Bonchev–Trinajstić information content (AvgIpc) is 2.64. The Morgan fingerprint density at radius 1 is 1.11 bits per heavy atom. The zero-order chi connectivity index (χ0) is 20.7. The normalized spacial score (nSPS) is 11.6. The number of halogens is 2. The molecule has 0 aromatic heterocycles. The van der Waals surface area contributed by atoms with Crippen LogP contribution < -0.4 is 4.74 Å². The zero-order valence-corrected chi connectivity index (χ0v) is 16.6. The van der Waals surface area contributed by atoms with Gasteiger partial charge in [-0.1, -0.05) is 12.1 Å². The molecule has 0 saturated carbocycles. The van der Waals surface area contributed by atoms with Gasteiger partial charge in [0.25, 0.3) is 0 Å². The molecule has 2 aromatic carbocycles. The van der Waals surface area contributed by atoms with Crippen LogP contribution >= 0.6 is 0 Å². The van der Waals surface area contributed by atoms with Crippen LogP contribution in [-0.4, -0.2) is 38.1 Å². The number of hydrogen-bond donors (Lipinski definition) is 0. The fourth-order valence-electron chi connectivity index (χ4n) is 2.51. The standard InChI is InChI=1S/C22H25F2NO3/c1-5-27-22(26)15(2)12-17-13-19(23)21(20(24)14-17)28-18-8-6-16(7-9-18)10-11-25(3)4/h6-9,12-14H,5,10-11H2,1-4H3/b15-12+. The Bertz CT molecular complexity index is 822. The first-order valence-corrected chi connectivity index (χ1v) is 9.06. The molecule has 6 heteroatoms. The number of carbonyl (C=O) groups excluding carboxylic acids is 1. The molecule has 0 N–H and O–H groups in total. The number of benzene rings is 2. The quantitative estimate of drug-likeness (QED) is 0.479. The van der Waals surface area contributed by atoms with E-state index in [0.29, 0.717) is 5.75 Å². The van der Waals surface area contributed by atoms with Crippen molar-refractivity contribution in [1.29, 1.82) is 0 Å². The van der Waals surface area contributed by atoms with Crippen molar-refractivity contribution in [2.75, 3.05) is 27.2 Å². The first-order chi connectivity index (χ1) is 13.3. The first kappa shape index (κ1) is 21.6. The second kappa shape index (κ2) is 9.99. The summed E-state index contributed by atoms with van der Waals surface area (Å²) in [6.07, 6.45) is 2.24. The lowest BCUT2D eigenvalue weighted by Crippen LogP contribution is -2.14. The lowest BCUT2D eigenvalue weighted by Gasteiger charge is -2.11. The first-order valence-electron chi connectivity index (χ1n) is 9.06. The average molecular weight is 389 g/mol. The van der Waals surface area contributed by atoms with Gasteiger partial charge in [-0.2, -0.15) is 0 Å². The van der Waals surface area contributed by atoms with Gasteiger partial charge < -0.3 is 14.4 Å². The number of likely N-dealkylation sites (N-methyl/N-ethyl adjacent to an activating group) is 1. The summed E-state index contributed by atoms with van der Waals surface area (Å²) in [5, 5.41) is 0. The maximum atomic E-state index is 14.4. The second-order valence-corrected chi connectivity index (χ2v) is 6.66. The van der Waals surface area contributed by atoms with Crippen LogP contribution in [0, 0.1) is 11.6 Å². The van der Waals surface area contributed by atoms with Gasteiger partial charge in [0.15, 0.2) is 17.4 Å². The maximum Gasteiger partial charge on any atom is 0.333 e. The number of carbonyl (C=O) groups is 1. The van der Waals surface area contributed by atoms with Gasteiger partial charge in [0.05, 0.1) is 6.61 Å². The van der Waals surface area contributed by atoms with Crippen molar-refractivity contribution in [3.8, 4) is 11.5 Å². The van der Waals surface area contributed by atoms with Gasteiger partial charge in [-0.3, -0.25) is 0 Å². The van der Waals surface area contributed by atoms with Gasteiger partial charge in [0.1, 0.15) is 5.75 Å². The van der Waals surface area contributed by atoms with Crippen molar-refractivity contribution in [2.45, 2.75) is 20.3 Å². The molecule has 2 rings (SSSR count). The molecule has 0 fully saturated rings. The van der Waals surface area contributed by atoms with E-state index in [4.69, 9.17) is 9.47 Å². The Hall–Kier alpha value is -2.73. The van der Waals surface area contributed by atoms with E-state index in [2.05, 4.69) is 4.90 Å². The summed E-state index contributed by atoms with van der Waals surface area (Å²) in [6.45, 7) is 4.35. The van der Waals surface area contributed by atoms with E-state index in [9.17, 15) is 13.6 Å². The van der Waals surface area contributed by atoms with Crippen molar-refractivity contribution >= 4 is 12.0 Å². The number of nitrogens with zero attached hydrogens (tertiary/aromatic N) is 1. The Kier molecular flexibility index (Phi) is 7.70. The maximum absolute atomic E-state index is 14.4. The topological polar surface area (TPSA) is 38.8 Å². The van der Waals surface area contributed by atoms with Crippen LogP contribution in [0.1, 0.15) is 25.0 Å². The van der Waals surface area contributed by atoms with Crippen LogP contribution in [0.5, 0.6) is 11.5 Å². The summed E-state index contributed by atoms with van der Waals surface area (Å²) < 4.78 is 39.0. The summed E-state index contributed by atoms with van der Waals surface area (Å²) in [4.78, 5) is 13.7. The van der Waals surface area contributed by atoms with Crippen molar-refractivity contribution in [3.05, 3.63) is 64.7 Å². The Morgan fingerprint density at radius 3 is 2.25 bits per heavy atom. The third-order valence-electron chi connectivity index (χ3n) is 3.99. The van der Waals surface area contributed by atoms with E-state index >= 15 is 0 Å². The van der Waals surface area contributed by atoms with Crippen molar-refractivity contribution in [3.63, 3.8) is 0 Å². The summed E-state index contributed by atoms with van der Waals surface area (Å²) in [5.74, 6) is -2.36. The van der Waals surface area contributed by atoms with Gasteiger partial charge in [-0.15, -0.1) is 0 Å². The van der Waals surface area contributed by atoms with Crippen LogP contribution in [-0.2, 0) is 16.0 Å². The van der Waals surface area contributed by atoms with E-state index < -0.39 is 23.4 Å². The Morgan fingerprint density at radius 2 is 1.71 bits per heavy atom. The van der Waals surface area contributed by atoms with Crippen molar-refractivity contribution < 1.29 is 23.0 Å². The zero-order valence-electron chi connectivity index (χ0n) is 16.6. The molecule has 4 nitrogen and oxygen atoms in total. The van der Waals surface area contributed by atoms with Gasteiger partial charge in [0.2, 0.25) is 0 Å². The summed E-state index contributed by atoms with van der Waals surface area (Å²) >= 11 is 0. The number of rotatable bonds is 8. The molecule has 0 amide bonds. The molecule has 0 radical (unpaired) electrons. The Balaban J connectivity index is 2.14. The molecule has 150 valence electrons. The van der Waals surface area contributed by atoms with Crippen LogP contribution in [0.3, 0.4) is 0 Å². The summed E-state index contributed by atoms with van der Waals surface area (Å²) in [5.41, 5.74) is 1.58. The molecule has 0 unspecified atom stereocenters. The number of hydrogen-bond acceptors (Lipinski definition) is 4. The lowest BCUT2D eigenvalue weighted by molar-refractivity contribution is -0.138. The molecule has 0 aliphatic rings. The number of ether oxygens (including phenoxy) is 2. The molecular weight excluding hydrogens is 364 g/mol. The van der Waals surface area contributed by atoms with Gasteiger partial charge >= 0.3 is 5.97 Å². The summed E-state index contributed by atoms with van der Waals surface area (Å²) in [6, 6.07) is 9.34. The molecule has 0 aliphatic carbocycles. The molecule has 2 aromatic rings. The number of esters is 1. The monoisotopic (exact) mass is 389 g/mol. The fraction of sp³-hybridized carbons (Fsp3) is 0.318. The minimum absolute atomic E-state index is 0.215. The largest absolute Gasteiger partial charge is 0.463 e. The minimum Gasteiger partial charge on any atom is -0.463 e. The highest BCUT2D eigenvalue weighted by molar-refractivity contribution is 5.93. The fourth-order valence-corrected chi connectivity index (χ4v) is 2.51. The molecule has 0 spiro atoms. The van der Waals surface area contributed by atoms with Gasteiger partial charge in [-0.05, 0) is 75.8 Å². The molecule has 0 bridgehead atoms. The van der Waals surface area contributed by atoms with Crippen molar-refractivity contribution in [1.82, 2.24) is 4.90 Å². The predicted molar refractivity (Wildman–Crippen MR) is 105 cm³/mol. The smallest absolute Gasteiger partial charge is 0.333 e. The Labute approximate surface area is 164 Å². The third kappa shape index (κ3) is 6.16. The summed E-state index contributed by atoms with van der Waals surface area (Å²) in [7, 11) is 3.99. The van der Waals surface area contributed by atoms with Crippen LogP contribution in [0.15, 0.2) is 42.0 Å². The highest BCUT2D eigenvalue weighted by Gasteiger charge is 2.14. The van der Waals surface area contributed by atoms with E-state index in [0.717, 1.165) is 30.7 Å². The van der Waals surface area contributed by atoms with E-state index in [-0.39, 0.29) is 17.7 Å². The van der Waals surface area contributed by atoms with E-state index in [1.165, 1.54) is 13.0 Å². The molecule has 0 atom stereocenters. The predicted octanol–water partition coefficient (Wildman–Crippen LogP) is 4.83. The second-order valence-electron chi connectivity index (χ2n) is 6.66. The minimum atomic E-state index is -0.848. The molecule has 0 aliphatic heterocycles. The van der Waals surface area contributed by atoms with Crippen LogP contribution in [0.2, 0.25) is 0 Å². The van der Waals surface area contributed by atoms with Gasteiger partial charge in [-0.25, -0.2) is 13.6 Å². The van der Waals surface area contributed by atoms with E-state index in [1.54, 1.807) is 19.1 Å². The van der Waals surface area contributed by atoms with Crippen LogP contribution in [0.4, 0.5) is 8.78 Å². The molecule has 0 saturated heterocycles. The third-order valence-corrected chi connectivity index (χ3v) is 3.99. The molecular formula is C22H25F2NO3. The molecule has 0 heterocycles. The highest BCUT2D eigenvalue weighted by Crippen LogP contribution is 2.29.